The van der Waals surface area contributed by atoms with Crippen LogP contribution in [-0.2, 0) is 55.5 Å². The second-order valence-electron chi connectivity index (χ2n) is 28.0. The molecular formula is C74H78F24N6O5P4. The Hall–Kier alpha value is -8.31. The summed E-state index contributed by atoms with van der Waals surface area (Å²) in [5.41, 5.74) is 15.8. The minimum absolute atomic E-state index is 0.0268. The van der Waals surface area contributed by atoms with Crippen molar-refractivity contribution < 1.29 is 143 Å². The third-order valence-corrected chi connectivity index (χ3v) is 18.5. The molecule has 11 nitrogen and oxygen atoms in total. The van der Waals surface area contributed by atoms with Crippen LogP contribution in [0.5, 0.6) is 0 Å². The molecular weight excluding hydrogens is 1630 g/mol. The first-order valence-corrected chi connectivity index (χ1v) is 42.7. The van der Waals surface area contributed by atoms with Gasteiger partial charge in [-0.1, -0.05) is 97.1 Å². The minimum Gasteiger partial charge on any atom is -0.201 e. The predicted molar refractivity (Wildman–Crippen MR) is 384 cm³/mol. The van der Waals surface area contributed by atoms with Crippen LogP contribution in [0.25, 0.3) is 22.3 Å². The van der Waals surface area contributed by atoms with Crippen molar-refractivity contribution in [3.05, 3.63) is 258 Å². The second kappa shape index (κ2) is 30.4. The number of ether oxygens (including phenoxy) is 4. The number of methoxy groups -OCH3 is 1. The van der Waals surface area contributed by atoms with E-state index in [1.165, 1.54) is 63.8 Å². The first kappa shape index (κ1) is 88.6. The molecule has 30 rings (SSSR count). The van der Waals surface area contributed by atoms with Crippen LogP contribution in [-0.4, -0.2) is 59.7 Å². The number of carbonyl (C=O) groups is 1. The molecule has 622 valence electrons. The number of pyridine rings is 4. The molecule has 17 aliphatic heterocycles. The summed E-state index contributed by atoms with van der Waals surface area (Å²) in [4.78, 5) is 15.2. The molecule has 21 aliphatic rings. The number of fused-ring (bicyclic) bond motifs is 2. The van der Waals surface area contributed by atoms with Gasteiger partial charge in [0.2, 0.25) is 0 Å². The number of esters is 1. The average Bonchev–Trinajstić information content (AvgIpc) is 0.714. The molecule has 9 aromatic rings. The maximum atomic E-state index is 12.9. The Morgan fingerprint density at radius 3 is 0.956 bits per heavy atom. The molecule has 21 heterocycles. The van der Waals surface area contributed by atoms with Crippen molar-refractivity contribution in [3.63, 3.8) is 0 Å². The Bertz CT molecular complexity index is 4250. The number of halogens is 24. The largest absolute Gasteiger partial charge is 0.201 e. The van der Waals surface area contributed by atoms with Gasteiger partial charge in [0, 0.05) is 120 Å². The standard InChI is InChI=1S/C38H46N2O5.C36H32N4.4F6P/c1-40-34-9-5-3-7-32(34)38(42-2,33-8-4-6-10-35(33)40)30-11-13-31(14-12-30)39-15-16-43-17-18-44-19-20-45-36(41)37-24-27-21-28(25-37)23-29(22-27)26-37;1-2-30-4-3-29(1)25-37-17-9-33(10-18-37)35-13-21-39(22-14-35)27-31-5-7-32(8-6-31)28-40-23-15-36(16-24-40)34-11-19-38(26-30)20-12-34;4*1-7(2,3,4,5)6/h3-14,27-29,39H,15-26H2,1-2H3;1-24H,25-28H2;;;;/q;+4;4*-1. The molecule has 0 saturated heterocycles. The quantitative estimate of drug-likeness (QED) is 0.0405. The van der Waals surface area contributed by atoms with Crippen LogP contribution in [0.1, 0.15) is 77.5 Å². The Labute approximate surface area is 632 Å². The Morgan fingerprint density at radius 1 is 0.389 bits per heavy atom. The first-order chi connectivity index (χ1) is 51.5. The van der Waals surface area contributed by atoms with Crippen molar-refractivity contribution in [2.24, 2.45) is 23.2 Å². The van der Waals surface area contributed by atoms with E-state index in [-0.39, 0.29) is 11.4 Å². The fraction of sp³-hybridized carbons (Fsp3) is 0.311. The summed E-state index contributed by atoms with van der Waals surface area (Å²) in [6, 6.07) is 61.0. The SMILES string of the molecule is COC1(c2ccc(NCCOCCOCCOC(=O)C34CC5CC(CC(C5)C3)C4)cc2)c2ccccc2N(C)c2ccccc21.F[P-](F)(F)(F)(F)F.F[P-](F)(F)(F)(F)F.F[P-](F)(F)(F)(F)F.F[P-](F)(F)(F)(F)F.c1cc2ccc1C[n+]1ccc(cc1)-c1cc[n+](cc1)Cc1ccc(cc1)C[n+]1ccc(cc1)-c1cc[n+](cc1)C2. The van der Waals surface area contributed by atoms with Crippen LogP contribution < -0.4 is 28.5 Å². The van der Waals surface area contributed by atoms with Gasteiger partial charge in [-0.05, 0) is 108 Å². The van der Waals surface area contributed by atoms with Crippen molar-refractivity contribution in [2.75, 3.05) is 64.0 Å². The van der Waals surface area contributed by atoms with Gasteiger partial charge in [-0.3, -0.25) is 4.79 Å². The summed E-state index contributed by atoms with van der Waals surface area (Å²) in [6.07, 6.45) is 24.5. The molecule has 0 unspecified atom stereocenters. The van der Waals surface area contributed by atoms with Crippen molar-refractivity contribution in [3.8, 4) is 22.3 Å². The molecule has 4 aromatic heterocycles. The van der Waals surface area contributed by atoms with Gasteiger partial charge in [0.1, 0.15) is 12.2 Å². The number of para-hydroxylation sites is 2. The maximum absolute atomic E-state index is 12.9. The minimum atomic E-state index is -10.7. The smallest absolute Gasteiger partial charge is 0.173 e. The Morgan fingerprint density at radius 2 is 0.664 bits per heavy atom. The topological polar surface area (TPSA) is 84.8 Å². The average molecular weight is 1710 g/mol. The summed E-state index contributed by atoms with van der Waals surface area (Å²) >= 11 is 0. The zero-order chi connectivity index (χ0) is 83.2. The molecule has 0 amide bonds. The van der Waals surface area contributed by atoms with E-state index in [1.54, 1.807) is 7.11 Å². The zero-order valence-electron chi connectivity index (χ0n) is 60.0. The molecule has 113 heavy (non-hydrogen) atoms. The van der Waals surface area contributed by atoms with E-state index < -0.39 is 36.8 Å². The molecule has 4 aliphatic carbocycles. The van der Waals surface area contributed by atoms with Gasteiger partial charge in [-0.25, -0.2) is 18.3 Å². The van der Waals surface area contributed by atoms with Gasteiger partial charge in [0.25, 0.3) is 0 Å². The van der Waals surface area contributed by atoms with Gasteiger partial charge >= 0.3 is 138 Å². The van der Waals surface area contributed by atoms with E-state index in [9.17, 15) is 106 Å². The number of nitrogens with zero attached hydrogens (tertiary/aromatic N) is 5. The normalized spacial score (nSPS) is 20.3. The number of aromatic nitrogens is 4. The van der Waals surface area contributed by atoms with E-state index in [2.05, 4.69) is 255 Å². The van der Waals surface area contributed by atoms with E-state index >= 15 is 0 Å². The van der Waals surface area contributed by atoms with E-state index in [0.29, 0.717) is 39.6 Å². The van der Waals surface area contributed by atoms with Gasteiger partial charge in [-0.2, -0.15) is 0 Å². The number of nitrogens with one attached hydrogen (secondary N) is 1. The number of anilines is 3. The van der Waals surface area contributed by atoms with Gasteiger partial charge < -0.3 is 29.2 Å². The Balaban J connectivity index is 0.000000194. The third-order valence-electron chi connectivity index (χ3n) is 18.5. The van der Waals surface area contributed by atoms with E-state index in [4.69, 9.17) is 18.9 Å². The van der Waals surface area contributed by atoms with Crippen molar-refractivity contribution in [1.82, 2.24) is 0 Å². The molecule has 4 saturated carbocycles. The number of hydrogen-bond donors (Lipinski definition) is 1. The summed E-state index contributed by atoms with van der Waals surface area (Å²) in [7, 11) is -38.7. The number of rotatable bonds is 13. The molecule has 0 atom stereocenters. The third kappa shape index (κ3) is 32.1. The van der Waals surface area contributed by atoms with Crippen LogP contribution in [0.4, 0.5) is 118 Å². The summed E-state index contributed by atoms with van der Waals surface area (Å²) in [5, 5.41) is 3.46. The van der Waals surface area contributed by atoms with E-state index in [0.717, 1.165) is 96.9 Å². The van der Waals surface area contributed by atoms with Crippen LogP contribution in [0, 0.1) is 23.2 Å². The molecule has 16 bridgehead atoms. The van der Waals surface area contributed by atoms with Crippen LogP contribution in [0.15, 0.2) is 219 Å². The zero-order valence-corrected chi connectivity index (χ0v) is 63.5. The van der Waals surface area contributed by atoms with Crippen LogP contribution >= 0.6 is 31.2 Å². The molecule has 1 N–H and O–H groups in total. The van der Waals surface area contributed by atoms with E-state index in [1.807, 2.05) is 0 Å². The molecule has 5 aromatic carbocycles. The Kier molecular flexibility index (Phi) is 23.8. The molecule has 39 heteroatoms. The molecule has 4 fully saturated rings. The van der Waals surface area contributed by atoms with Gasteiger partial charge in [-0.15, -0.1) is 0 Å². The summed E-state index contributed by atoms with van der Waals surface area (Å²) in [6.45, 7) is 6.42. The van der Waals surface area contributed by atoms with Crippen molar-refractivity contribution >= 4 is 54.3 Å². The van der Waals surface area contributed by atoms with Gasteiger partial charge in [0.05, 0.1) is 31.8 Å². The number of hydrogen-bond acceptors (Lipinski definition) is 7. The second-order valence-corrected chi connectivity index (χ2v) is 35.7. The first-order valence-electron chi connectivity index (χ1n) is 34.6. The fourth-order valence-electron chi connectivity index (χ4n) is 14.5. The fourth-order valence-corrected chi connectivity index (χ4v) is 14.5. The molecule has 0 radical (unpaired) electrons. The maximum Gasteiger partial charge on any atom is 0.173 e. The summed E-state index contributed by atoms with van der Waals surface area (Å²) < 4.78 is 269. The van der Waals surface area contributed by atoms with Crippen molar-refractivity contribution in [1.29, 1.82) is 0 Å². The summed E-state index contributed by atoms with van der Waals surface area (Å²) in [5.74, 6) is 2.26. The number of benzene rings is 5. The van der Waals surface area contributed by atoms with Crippen LogP contribution in [0.2, 0.25) is 0 Å². The molecule has 0 spiro atoms. The van der Waals surface area contributed by atoms with Gasteiger partial charge in [0.15, 0.2) is 75.8 Å². The van der Waals surface area contributed by atoms with Crippen LogP contribution in [0.3, 0.4) is 0 Å². The monoisotopic (exact) mass is 1710 g/mol. The van der Waals surface area contributed by atoms with Crippen molar-refractivity contribution in [2.45, 2.75) is 70.3 Å². The predicted octanol–water partition coefficient (Wildman–Crippen LogP) is 25.1. The number of carbonyl (C=O) groups excluding carboxylic acids is 1.